The Bertz CT molecular complexity index is 629. The number of nitrogens with zero attached hydrogens (tertiary/aromatic N) is 1. The van der Waals surface area contributed by atoms with Gasteiger partial charge in [0.2, 0.25) is 11.7 Å². The van der Waals surface area contributed by atoms with Gasteiger partial charge in [-0.2, -0.15) is 13.2 Å². The summed E-state index contributed by atoms with van der Waals surface area (Å²) in [5, 5.41) is 0. The zero-order chi connectivity index (χ0) is 14.9. The Hall–Kier alpha value is -2.31. The van der Waals surface area contributed by atoms with Crippen LogP contribution in [0, 0.1) is 6.92 Å². The number of esters is 1. The highest BCUT2D eigenvalue weighted by molar-refractivity contribution is 5.87. The second kappa shape index (κ2) is 4.99. The third-order valence-corrected chi connectivity index (χ3v) is 2.63. The Kier molecular flexibility index (Phi) is 3.52. The molecule has 0 aliphatic carbocycles. The van der Waals surface area contributed by atoms with Crippen LogP contribution in [0.4, 0.5) is 13.2 Å². The molecule has 0 aliphatic rings. The van der Waals surface area contributed by atoms with Crippen LogP contribution in [-0.4, -0.2) is 18.1 Å². The van der Waals surface area contributed by atoms with Gasteiger partial charge in [0.15, 0.2) is 0 Å². The fourth-order valence-corrected chi connectivity index (χ4v) is 1.60. The maximum absolute atomic E-state index is 12.4. The summed E-state index contributed by atoms with van der Waals surface area (Å²) in [7, 11) is 1.20. The molecule has 0 bridgehead atoms. The van der Waals surface area contributed by atoms with Gasteiger partial charge in [0.25, 0.3) is 0 Å². The fraction of sp³-hybridized carbons (Fsp3) is 0.231. The van der Waals surface area contributed by atoms with Crippen molar-refractivity contribution in [2.75, 3.05) is 7.11 Å². The molecule has 2 aromatic rings. The number of aryl methyl sites for hydroxylation is 1. The van der Waals surface area contributed by atoms with E-state index in [1.807, 2.05) is 0 Å². The van der Waals surface area contributed by atoms with E-state index in [1.54, 1.807) is 6.92 Å². The zero-order valence-electron chi connectivity index (χ0n) is 10.6. The largest absolute Gasteiger partial charge is 0.463 e. The summed E-state index contributed by atoms with van der Waals surface area (Å²) in [5.74, 6) is -0.688. The van der Waals surface area contributed by atoms with Gasteiger partial charge in [0.05, 0.1) is 18.4 Å². The molecule has 1 aromatic carbocycles. The van der Waals surface area contributed by atoms with Crippen molar-refractivity contribution in [3.63, 3.8) is 0 Å². The van der Waals surface area contributed by atoms with Gasteiger partial charge < -0.3 is 9.15 Å². The lowest BCUT2D eigenvalue weighted by Gasteiger charge is -2.06. The van der Waals surface area contributed by atoms with Crippen LogP contribution in [-0.2, 0) is 10.9 Å². The first-order valence-electron chi connectivity index (χ1n) is 5.56. The van der Waals surface area contributed by atoms with Gasteiger partial charge in [0, 0.05) is 5.56 Å². The van der Waals surface area contributed by atoms with Crippen molar-refractivity contribution in [3.8, 4) is 11.5 Å². The van der Waals surface area contributed by atoms with Crippen LogP contribution >= 0.6 is 0 Å². The molecule has 0 amide bonds. The highest BCUT2D eigenvalue weighted by atomic mass is 19.4. The molecule has 7 heteroatoms. The van der Waals surface area contributed by atoms with Gasteiger partial charge in [-0.1, -0.05) is 0 Å². The monoisotopic (exact) mass is 285 g/mol. The number of benzene rings is 1. The van der Waals surface area contributed by atoms with Crippen LogP contribution in [0.25, 0.3) is 11.5 Å². The lowest BCUT2D eigenvalue weighted by Crippen LogP contribution is -2.03. The summed E-state index contributed by atoms with van der Waals surface area (Å²) in [6, 6.07) is 4.31. The highest BCUT2D eigenvalue weighted by Crippen LogP contribution is 2.31. The molecule has 0 aliphatic heterocycles. The predicted molar refractivity (Wildman–Crippen MR) is 63.0 cm³/mol. The molecule has 2 rings (SSSR count). The maximum Gasteiger partial charge on any atom is 0.416 e. The predicted octanol–water partition coefficient (Wildman–Crippen LogP) is 3.46. The average molecular weight is 285 g/mol. The van der Waals surface area contributed by atoms with Crippen LogP contribution in [0.3, 0.4) is 0 Å². The first kappa shape index (κ1) is 14.1. The Morgan fingerprint density at radius 1 is 1.25 bits per heavy atom. The van der Waals surface area contributed by atoms with Crippen molar-refractivity contribution in [1.82, 2.24) is 4.98 Å². The van der Waals surface area contributed by atoms with E-state index in [0.29, 0.717) is 11.3 Å². The van der Waals surface area contributed by atoms with E-state index in [4.69, 9.17) is 4.42 Å². The summed E-state index contributed by atoms with van der Waals surface area (Å²) in [6.07, 6.45) is -4.40. The van der Waals surface area contributed by atoms with E-state index in [0.717, 1.165) is 12.1 Å². The topological polar surface area (TPSA) is 52.3 Å². The lowest BCUT2D eigenvalue weighted by atomic mass is 10.1. The fourth-order valence-electron chi connectivity index (χ4n) is 1.60. The SMILES string of the molecule is COC(=O)c1oc(-c2ccc(C(F)(F)F)cc2)nc1C. The molecule has 1 aromatic heterocycles. The van der Waals surface area contributed by atoms with Crippen LogP contribution < -0.4 is 0 Å². The standard InChI is InChI=1S/C13H10F3NO3/c1-7-10(12(18)19-2)20-11(17-7)8-3-5-9(6-4-8)13(14,15)16/h3-6H,1-2H3. The quantitative estimate of drug-likeness (QED) is 0.793. The molecular formula is C13H10F3NO3. The molecular weight excluding hydrogens is 275 g/mol. The number of aromatic nitrogens is 1. The van der Waals surface area contributed by atoms with Gasteiger partial charge in [-0.05, 0) is 31.2 Å². The summed E-state index contributed by atoms with van der Waals surface area (Å²) in [6.45, 7) is 1.54. The van der Waals surface area contributed by atoms with E-state index in [-0.39, 0.29) is 11.7 Å². The second-order valence-corrected chi connectivity index (χ2v) is 4.00. The van der Waals surface area contributed by atoms with Crippen molar-refractivity contribution >= 4 is 5.97 Å². The van der Waals surface area contributed by atoms with Gasteiger partial charge in [-0.3, -0.25) is 0 Å². The van der Waals surface area contributed by atoms with Crippen molar-refractivity contribution < 1.29 is 27.1 Å². The van der Waals surface area contributed by atoms with Crippen LogP contribution in [0.5, 0.6) is 0 Å². The number of ether oxygens (including phenoxy) is 1. The van der Waals surface area contributed by atoms with Crippen LogP contribution in [0.15, 0.2) is 28.7 Å². The molecule has 1 heterocycles. The number of carbonyl (C=O) groups excluding carboxylic acids is 1. The molecule has 0 unspecified atom stereocenters. The smallest absolute Gasteiger partial charge is 0.416 e. The number of hydrogen-bond donors (Lipinski definition) is 0. The summed E-state index contributed by atoms with van der Waals surface area (Å²) in [4.78, 5) is 15.4. The van der Waals surface area contributed by atoms with Crippen LogP contribution in [0.1, 0.15) is 21.8 Å². The minimum absolute atomic E-state index is 0.0663. The molecule has 20 heavy (non-hydrogen) atoms. The molecule has 0 fully saturated rings. The van der Waals surface area contributed by atoms with Crippen LogP contribution in [0.2, 0.25) is 0 Å². The van der Waals surface area contributed by atoms with Crippen molar-refractivity contribution in [1.29, 1.82) is 0 Å². The molecule has 0 N–H and O–H groups in total. The van der Waals surface area contributed by atoms with E-state index < -0.39 is 17.7 Å². The molecule has 0 radical (unpaired) electrons. The first-order chi connectivity index (χ1) is 9.32. The number of alkyl halides is 3. The second-order valence-electron chi connectivity index (χ2n) is 4.00. The van der Waals surface area contributed by atoms with Gasteiger partial charge >= 0.3 is 12.1 Å². The third kappa shape index (κ3) is 2.66. The summed E-state index contributed by atoms with van der Waals surface area (Å²) >= 11 is 0. The molecule has 4 nitrogen and oxygen atoms in total. The van der Waals surface area contributed by atoms with Crippen molar-refractivity contribution in [2.45, 2.75) is 13.1 Å². The van der Waals surface area contributed by atoms with E-state index in [2.05, 4.69) is 9.72 Å². The molecule has 106 valence electrons. The Labute approximate surface area is 112 Å². The molecule has 0 spiro atoms. The van der Waals surface area contributed by atoms with E-state index in [1.165, 1.54) is 19.2 Å². The number of methoxy groups -OCH3 is 1. The minimum Gasteiger partial charge on any atom is -0.463 e. The zero-order valence-corrected chi connectivity index (χ0v) is 10.6. The minimum atomic E-state index is -4.40. The Balaban J connectivity index is 2.35. The van der Waals surface area contributed by atoms with Gasteiger partial charge in [-0.25, -0.2) is 9.78 Å². The number of halogens is 3. The molecule has 0 atom stereocenters. The Morgan fingerprint density at radius 2 is 1.85 bits per heavy atom. The van der Waals surface area contributed by atoms with Gasteiger partial charge in [-0.15, -0.1) is 0 Å². The number of carbonyl (C=O) groups is 1. The number of hydrogen-bond acceptors (Lipinski definition) is 4. The maximum atomic E-state index is 12.4. The van der Waals surface area contributed by atoms with Crippen molar-refractivity contribution in [2.24, 2.45) is 0 Å². The van der Waals surface area contributed by atoms with E-state index in [9.17, 15) is 18.0 Å². The average Bonchev–Trinajstić information content (AvgIpc) is 2.79. The van der Waals surface area contributed by atoms with Crippen molar-refractivity contribution in [3.05, 3.63) is 41.3 Å². The number of oxazole rings is 1. The third-order valence-electron chi connectivity index (χ3n) is 2.63. The number of rotatable bonds is 2. The Morgan fingerprint density at radius 3 is 2.35 bits per heavy atom. The normalized spacial score (nSPS) is 11.4. The molecule has 0 saturated heterocycles. The summed E-state index contributed by atoms with van der Waals surface area (Å²) in [5.41, 5.74) is -0.110. The van der Waals surface area contributed by atoms with E-state index >= 15 is 0 Å². The lowest BCUT2D eigenvalue weighted by molar-refractivity contribution is -0.137. The molecule has 0 saturated carbocycles. The first-order valence-corrected chi connectivity index (χ1v) is 5.56. The van der Waals surface area contributed by atoms with Gasteiger partial charge in [0.1, 0.15) is 0 Å². The highest BCUT2D eigenvalue weighted by Gasteiger charge is 2.30. The summed E-state index contributed by atoms with van der Waals surface area (Å²) < 4.78 is 47.0.